The van der Waals surface area contributed by atoms with E-state index in [2.05, 4.69) is 61.8 Å². The van der Waals surface area contributed by atoms with E-state index >= 15 is 0 Å². The lowest BCUT2D eigenvalue weighted by molar-refractivity contribution is -0.176. The van der Waals surface area contributed by atoms with E-state index in [1.54, 1.807) is 14.0 Å². The van der Waals surface area contributed by atoms with Gasteiger partial charge in [0.1, 0.15) is 6.04 Å². The number of nitrogens with zero attached hydrogens (tertiary/aromatic N) is 2. The number of rotatable bonds is 11. The zero-order valence-electron chi connectivity index (χ0n) is 29.2. The van der Waals surface area contributed by atoms with Crippen molar-refractivity contribution in [3.8, 4) is 11.1 Å². The number of amides is 2. The van der Waals surface area contributed by atoms with Crippen LogP contribution in [0, 0.1) is 36.0 Å². The molecule has 2 aromatic carbocycles. The van der Waals surface area contributed by atoms with Crippen molar-refractivity contribution in [1.82, 2.24) is 21.0 Å². The number of aliphatic hydroxyl groups excluding tert-OH is 1. The number of carbonyl (C=O) groups is 2. The Morgan fingerprint density at radius 3 is 2.52 bits per heavy atom. The molecule has 1 heterocycles. The monoisotopic (exact) mass is 633 g/mol. The number of aliphatic hydroxyl groups is 1. The normalized spacial score (nSPS) is 29.1. The summed E-state index contributed by atoms with van der Waals surface area (Å²) in [5.41, 5.74) is 5.89. The molecule has 0 unspecified atom stereocenters. The zero-order valence-corrected chi connectivity index (χ0v) is 29.2. The highest BCUT2D eigenvalue weighted by Crippen LogP contribution is 2.61. The highest BCUT2D eigenvalue weighted by molar-refractivity contribution is 5.96. The van der Waals surface area contributed by atoms with E-state index in [1.165, 1.54) is 6.42 Å². The number of benzene rings is 2. The fourth-order valence-electron chi connectivity index (χ4n) is 8.42. The van der Waals surface area contributed by atoms with Crippen LogP contribution in [0.2, 0.25) is 0 Å². The molecule has 6 rings (SSSR count). The van der Waals surface area contributed by atoms with Crippen LogP contribution in [0.1, 0.15) is 68.9 Å². The van der Waals surface area contributed by atoms with E-state index in [4.69, 9.17) is 4.84 Å². The third-order valence-corrected chi connectivity index (χ3v) is 11.5. The summed E-state index contributed by atoms with van der Waals surface area (Å²) < 4.78 is 0. The summed E-state index contributed by atoms with van der Waals surface area (Å²) in [5.74, 6) is 1.05. The predicted molar refractivity (Wildman–Crippen MR) is 183 cm³/mol. The molecule has 252 valence electrons. The molecule has 9 heteroatoms. The zero-order chi connectivity index (χ0) is 33.5. The van der Waals surface area contributed by atoms with Crippen LogP contribution in [-0.4, -0.2) is 80.5 Å². The Kier molecular flexibility index (Phi) is 10.2. The van der Waals surface area contributed by atoms with Crippen LogP contribution in [0.4, 0.5) is 5.69 Å². The van der Waals surface area contributed by atoms with Crippen LogP contribution >= 0.6 is 0 Å². The maximum absolute atomic E-state index is 14.3. The number of likely N-dealkylation sites (N-methyl/N-ethyl adjacent to an activating group) is 1. The van der Waals surface area contributed by atoms with Crippen molar-refractivity contribution in [2.75, 3.05) is 39.1 Å². The maximum atomic E-state index is 14.3. The van der Waals surface area contributed by atoms with E-state index in [-0.39, 0.29) is 29.9 Å². The summed E-state index contributed by atoms with van der Waals surface area (Å²) in [4.78, 5) is 35.5. The van der Waals surface area contributed by atoms with Gasteiger partial charge in [0.2, 0.25) is 5.91 Å². The van der Waals surface area contributed by atoms with E-state index < -0.39 is 12.1 Å². The molecule has 2 aromatic rings. The molecule has 0 spiro atoms. The summed E-state index contributed by atoms with van der Waals surface area (Å²) in [6.45, 7) is 14.6. The first-order valence-corrected chi connectivity index (χ1v) is 17.0. The molecule has 4 N–H and O–H groups in total. The van der Waals surface area contributed by atoms with Gasteiger partial charge in [0.05, 0.1) is 18.8 Å². The number of hydrogen-bond acceptors (Lipinski definition) is 7. The average Bonchev–Trinajstić information content (AvgIpc) is 3.39. The summed E-state index contributed by atoms with van der Waals surface area (Å²) in [5, 5.41) is 22.4. The fraction of sp³-hybridized carbons (Fsp3) is 0.622. The predicted octanol–water partition coefficient (Wildman–Crippen LogP) is 4.37. The number of carbonyl (C=O) groups excluding carboxylic acids is 2. The van der Waals surface area contributed by atoms with Gasteiger partial charge >= 0.3 is 0 Å². The molecule has 3 saturated carbocycles. The first-order valence-electron chi connectivity index (χ1n) is 17.0. The Morgan fingerprint density at radius 2 is 1.91 bits per heavy atom. The molecule has 4 fully saturated rings. The largest absolute Gasteiger partial charge is 0.393 e. The van der Waals surface area contributed by atoms with Crippen LogP contribution in [0.25, 0.3) is 11.1 Å². The van der Waals surface area contributed by atoms with Crippen molar-refractivity contribution >= 4 is 17.5 Å². The first kappa shape index (κ1) is 34.4. The molecule has 4 aliphatic rings. The van der Waals surface area contributed by atoms with Gasteiger partial charge in [-0.2, -0.15) is 5.06 Å². The van der Waals surface area contributed by atoms with E-state index in [1.807, 2.05) is 49.2 Å². The van der Waals surface area contributed by atoms with Gasteiger partial charge in [-0.15, -0.1) is 0 Å². The molecule has 0 aromatic heterocycles. The van der Waals surface area contributed by atoms with Crippen molar-refractivity contribution in [3.63, 3.8) is 0 Å². The third-order valence-electron chi connectivity index (χ3n) is 11.5. The minimum absolute atomic E-state index is 0.0661. The Labute approximate surface area is 275 Å². The Bertz CT molecular complexity index is 1420. The lowest BCUT2D eigenvalue weighted by atomic mass is 9.45. The second-order valence-electron chi connectivity index (χ2n) is 14.7. The Balaban J connectivity index is 1.45. The molecular weight excluding hydrogens is 578 g/mol. The minimum atomic E-state index is -0.732. The maximum Gasteiger partial charge on any atom is 0.251 e. The number of hydrogen-bond donors (Lipinski definition) is 4. The first-order chi connectivity index (χ1) is 21.8. The lowest BCUT2D eigenvalue weighted by Crippen LogP contribution is -2.62. The van der Waals surface area contributed by atoms with Gasteiger partial charge in [-0.05, 0) is 96.9 Å². The molecule has 1 aliphatic heterocycles. The highest BCUT2D eigenvalue weighted by atomic mass is 16.7. The molecule has 2 bridgehead atoms. The molecule has 8 atom stereocenters. The Morgan fingerprint density at radius 1 is 1.17 bits per heavy atom. The fourth-order valence-corrected chi connectivity index (χ4v) is 8.42. The van der Waals surface area contributed by atoms with Crippen LogP contribution in [-0.2, 0) is 16.2 Å². The standard InChI is InChI=1S/C37H55N5O4/c1-10-39-19-32-33(23(4)43)34(36(45)40-31-18-27-17-30(22(31)3)37(27,5)6)42(46-32)20-24-12-11-13-29(21(24)2)25-14-26(35(44)38-7)16-28(15-25)41(8)9/h11-16,22-23,27,30-34,39,43H,10,17-20H2,1-9H3,(H,38,44)(H,40,45)/t22-,23-,27+,30-,31-,32-,33+,34-/m0/s1. The number of hydroxylamine groups is 2. The minimum Gasteiger partial charge on any atom is -0.393 e. The smallest absolute Gasteiger partial charge is 0.251 e. The SMILES string of the molecule is CCNC[C@@H]1ON(Cc2cccc(-c3cc(C(=O)NC)cc(N(C)C)c3)c2C)[C@H](C(=O)N[C@H]2C[C@H]3C[C@@H]([C@@H]2C)C3(C)C)[C@@H]1[C@H](C)O. The molecule has 46 heavy (non-hydrogen) atoms. The van der Waals surface area contributed by atoms with Gasteiger partial charge < -0.3 is 26.0 Å². The van der Waals surface area contributed by atoms with Crippen molar-refractivity contribution in [2.24, 2.45) is 29.1 Å². The number of nitrogens with one attached hydrogen (secondary N) is 3. The second-order valence-corrected chi connectivity index (χ2v) is 14.7. The third kappa shape index (κ3) is 6.44. The van der Waals surface area contributed by atoms with Crippen LogP contribution < -0.4 is 20.9 Å². The summed E-state index contributed by atoms with van der Waals surface area (Å²) in [6.07, 6.45) is 1.17. The summed E-state index contributed by atoms with van der Waals surface area (Å²) in [6, 6.07) is 11.5. The van der Waals surface area contributed by atoms with E-state index in [0.717, 1.165) is 40.9 Å². The number of anilines is 1. The van der Waals surface area contributed by atoms with Crippen LogP contribution in [0.3, 0.4) is 0 Å². The van der Waals surface area contributed by atoms with Crippen molar-refractivity contribution < 1.29 is 19.5 Å². The molecular formula is C37H55N5O4. The van der Waals surface area contributed by atoms with Crippen molar-refractivity contribution in [3.05, 3.63) is 53.1 Å². The second kappa shape index (κ2) is 13.6. The average molecular weight is 634 g/mol. The van der Waals surface area contributed by atoms with Gasteiger partial charge in [0, 0.05) is 50.9 Å². The number of fused-ring (bicyclic) bond motifs is 2. The van der Waals surface area contributed by atoms with Gasteiger partial charge in [0.15, 0.2) is 0 Å². The van der Waals surface area contributed by atoms with E-state index in [9.17, 15) is 14.7 Å². The summed E-state index contributed by atoms with van der Waals surface area (Å²) >= 11 is 0. The van der Waals surface area contributed by atoms with Crippen molar-refractivity contribution in [1.29, 1.82) is 0 Å². The lowest BCUT2D eigenvalue weighted by Gasteiger charge is -2.62. The molecule has 9 nitrogen and oxygen atoms in total. The topological polar surface area (TPSA) is 106 Å². The Hall–Kier alpha value is -2.98. The molecule has 2 amide bonds. The molecule has 0 radical (unpaired) electrons. The van der Waals surface area contributed by atoms with Crippen molar-refractivity contribution in [2.45, 2.75) is 85.2 Å². The van der Waals surface area contributed by atoms with Gasteiger partial charge in [-0.3, -0.25) is 14.4 Å². The van der Waals surface area contributed by atoms with Gasteiger partial charge in [-0.1, -0.05) is 45.9 Å². The van der Waals surface area contributed by atoms with Gasteiger partial charge in [-0.25, -0.2) is 0 Å². The molecule has 1 saturated heterocycles. The van der Waals surface area contributed by atoms with Crippen LogP contribution in [0.5, 0.6) is 0 Å². The quantitative estimate of drug-likeness (QED) is 0.291. The summed E-state index contributed by atoms with van der Waals surface area (Å²) in [7, 11) is 5.57. The van der Waals surface area contributed by atoms with Gasteiger partial charge in [0.25, 0.3) is 5.91 Å². The van der Waals surface area contributed by atoms with E-state index in [0.29, 0.717) is 41.8 Å². The highest BCUT2D eigenvalue weighted by Gasteiger charge is 2.57. The van der Waals surface area contributed by atoms with Crippen LogP contribution in [0.15, 0.2) is 36.4 Å². The molecule has 3 aliphatic carbocycles.